The van der Waals surface area contributed by atoms with Crippen LogP contribution in [0.3, 0.4) is 0 Å². The highest BCUT2D eigenvalue weighted by Crippen LogP contribution is 2.39. The predicted molar refractivity (Wildman–Crippen MR) is 131 cm³/mol. The molecule has 6 heteroatoms. The van der Waals surface area contributed by atoms with Gasteiger partial charge >= 0.3 is 0 Å². The average molecular weight is 495 g/mol. The molecule has 0 amide bonds. The largest absolute Gasteiger partial charge is 0.504 e. The molecule has 3 aromatic carbocycles. The summed E-state index contributed by atoms with van der Waals surface area (Å²) >= 11 is 3.58. The second-order valence-electron chi connectivity index (χ2n) is 7.79. The molecular formula is C26H27BrN2O3. The number of aryl methyl sites for hydroxylation is 1. The molecule has 1 aliphatic heterocycles. The van der Waals surface area contributed by atoms with E-state index in [1.54, 1.807) is 13.2 Å². The normalized spacial score (nSPS) is 18.2. The number of hydrogen-bond acceptors (Lipinski definition) is 5. The topological polar surface area (TPSA) is 63.1 Å². The van der Waals surface area contributed by atoms with Gasteiger partial charge in [-0.2, -0.15) is 0 Å². The van der Waals surface area contributed by atoms with Crippen molar-refractivity contribution in [1.29, 1.82) is 0 Å². The van der Waals surface area contributed by atoms with Crippen LogP contribution in [-0.4, -0.2) is 24.5 Å². The first-order valence-electron chi connectivity index (χ1n) is 10.7. The molecule has 1 heterocycles. The van der Waals surface area contributed by atoms with Crippen LogP contribution in [0.15, 0.2) is 70.1 Å². The zero-order chi connectivity index (χ0) is 22.7. The van der Waals surface area contributed by atoms with Crippen molar-refractivity contribution in [3.63, 3.8) is 0 Å². The van der Waals surface area contributed by atoms with Gasteiger partial charge in [-0.3, -0.25) is 10.3 Å². The molecule has 0 spiro atoms. The third kappa shape index (κ3) is 4.66. The van der Waals surface area contributed by atoms with Gasteiger partial charge in [-0.05, 0) is 59.1 Å². The molecule has 2 atom stereocenters. The van der Waals surface area contributed by atoms with Crippen LogP contribution in [0, 0.1) is 6.92 Å². The van der Waals surface area contributed by atoms with Crippen LogP contribution in [0.2, 0.25) is 0 Å². The summed E-state index contributed by atoms with van der Waals surface area (Å²) in [6.07, 6.45) is 0.377. The van der Waals surface area contributed by atoms with Gasteiger partial charge in [0.15, 0.2) is 11.5 Å². The number of para-hydroxylation sites is 1. The third-order valence-electron chi connectivity index (χ3n) is 5.62. The maximum atomic E-state index is 10.9. The van der Waals surface area contributed by atoms with E-state index in [1.165, 1.54) is 5.56 Å². The minimum absolute atomic E-state index is 0.130. The van der Waals surface area contributed by atoms with Crippen LogP contribution < -0.4 is 14.8 Å². The molecule has 166 valence electrons. The van der Waals surface area contributed by atoms with E-state index in [0.717, 1.165) is 32.6 Å². The van der Waals surface area contributed by atoms with Gasteiger partial charge in [-0.25, -0.2) is 0 Å². The smallest absolute Gasteiger partial charge is 0.162 e. The molecule has 0 saturated carbocycles. The lowest BCUT2D eigenvalue weighted by molar-refractivity contribution is 0.313. The van der Waals surface area contributed by atoms with Crippen molar-refractivity contribution in [2.24, 2.45) is 4.99 Å². The summed E-state index contributed by atoms with van der Waals surface area (Å²) in [5.74, 6) is 1.44. The van der Waals surface area contributed by atoms with Crippen molar-refractivity contribution in [2.45, 2.75) is 32.5 Å². The second kappa shape index (κ2) is 9.76. The lowest BCUT2D eigenvalue weighted by atomic mass is 9.93. The first kappa shape index (κ1) is 22.4. The van der Waals surface area contributed by atoms with Crippen molar-refractivity contribution in [3.8, 4) is 17.2 Å². The van der Waals surface area contributed by atoms with Crippen molar-refractivity contribution in [1.82, 2.24) is 5.32 Å². The van der Waals surface area contributed by atoms with Gasteiger partial charge < -0.3 is 14.6 Å². The molecule has 0 radical (unpaired) electrons. The van der Waals surface area contributed by atoms with Gasteiger partial charge in [-0.1, -0.05) is 48.0 Å². The van der Waals surface area contributed by atoms with E-state index in [4.69, 9.17) is 14.5 Å². The van der Waals surface area contributed by atoms with Crippen LogP contribution in [0.1, 0.15) is 47.8 Å². The number of halogens is 1. The Morgan fingerprint density at radius 1 is 1.09 bits per heavy atom. The Bertz CT molecular complexity index is 1130. The van der Waals surface area contributed by atoms with Gasteiger partial charge in [0.25, 0.3) is 0 Å². The lowest BCUT2D eigenvalue weighted by Gasteiger charge is -2.31. The molecule has 0 aliphatic carbocycles. The summed E-state index contributed by atoms with van der Waals surface area (Å²) in [5, 5.41) is 14.5. The second-order valence-corrected chi connectivity index (χ2v) is 8.64. The Balaban J connectivity index is 1.76. The van der Waals surface area contributed by atoms with E-state index >= 15 is 0 Å². The summed E-state index contributed by atoms with van der Waals surface area (Å²) in [4.78, 5) is 5.04. The average Bonchev–Trinajstić information content (AvgIpc) is 2.80. The minimum Gasteiger partial charge on any atom is -0.504 e. The van der Waals surface area contributed by atoms with E-state index in [9.17, 15) is 5.11 Å². The number of methoxy groups -OCH3 is 1. The Hall–Kier alpha value is -2.83. The van der Waals surface area contributed by atoms with E-state index in [-0.39, 0.29) is 18.0 Å². The standard InChI is InChI=1S/C26H27BrN2O3/c1-4-32-24-7-5-6-19(25(24)30)22-15-21(17-10-8-16(2)9-11-17)28-26(29-22)18-12-13-23(31-3)20(27)14-18/h5-14,22,26,29-30H,4,15H2,1-3H3/t22-,26-/m1/s1. The molecule has 0 bridgehead atoms. The zero-order valence-corrected chi connectivity index (χ0v) is 20.0. The minimum atomic E-state index is -0.276. The van der Waals surface area contributed by atoms with Crippen molar-refractivity contribution in [2.75, 3.05) is 13.7 Å². The van der Waals surface area contributed by atoms with E-state index in [0.29, 0.717) is 18.8 Å². The number of nitrogens with zero attached hydrogens (tertiary/aromatic N) is 1. The fourth-order valence-electron chi connectivity index (χ4n) is 3.94. The molecule has 32 heavy (non-hydrogen) atoms. The lowest BCUT2D eigenvalue weighted by Crippen LogP contribution is -2.33. The highest BCUT2D eigenvalue weighted by atomic mass is 79.9. The molecule has 0 fully saturated rings. The quantitative estimate of drug-likeness (QED) is 0.434. The molecule has 0 unspecified atom stereocenters. The van der Waals surface area contributed by atoms with Crippen molar-refractivity contribution in [3.05, 3.63) is 87.4 Å². The maximum Gasteiger partial charge on any atom is 0.162 e. The number of hydrogen-bond donors (Lipinski definition) is 2. The summed E-state index contributed by atoms with van der Waals surface area (Å²) in [6, 6.07) is 19.9. The van der Waals surface area contributed by atoms with Crippen LogP contribution in [0.25, 0.3) is 0 Å². The first-order valence-corrected chi connectivity index (χ1v) is 11.5. The zero-order valence-electron chi connectivity index (χ0n) is 18.4. The van der Waals surface area contributed by atoms with Gasteiger partial charge in [0.1, 0.15) is 11.9 Å². The third-order valence-corrected chi connectivity index (χ3v) is 6.24. The molecule has 2 N–H and O–H groups in total. The van der Waals surface area contributed by atoms with Gasteiger partial charge in [-0.15, -0.1) is 0 Å². The number of benzene rings is 3. The highest BCUT2D eigenvalue weighted by molar-refractivity contribution is 9.10. The molecule has 1 aliphatic rings. The highest BCUT2D eigenvalue weighted by Gasteiger charge is 2.29. The van der Waals surface area contributed by atoms with Crippen molar-refractivity contribution < 1.29 is 14.6 Å². The SMILES string of the molecule is CCOc1cccc([C@H]2CC(c3ccc(C)cc3)=N[C@@H](c3ccc(OC)c(Br)c3)N2)c1O. The fourth-order valence-corrected chi connectivity index (χ4v) is 4.50. The molecule has 0 aromatic heterocycles. The monoisotopic (exact) mass is 494 g/mol. The summed E-state index contributed by atoms with van der Waals surface area (Å²) in [7, 11) is 1.65. The number of aliphatic imine (C=N–C) groups is 1. The van der Waals surface area contributed by atoms with Crippen LogP contribution in [-0.2, 0) is 0 Å². The van der Waals surface area contributed by atoms with E-state index in [2.05, 4.69) is 52.4 Å². The molecule has 5 nitrogen and oxygen atoms in total. The Morgan fingerprint density at radius 2 is 1.88 bits per heavy atom. The summed E-state index contributed by atoms with van der Waals surface area (Å²) in [5.41, 5.74) is 5.09. The van der Waals surface area contributed by atoms with Crippen LogP contribution >= 0.6 is 15.9 Å². The number of ether oxygens (including phenoxy) is 2. The summed E-state index contributed by atoms with van der Waals surface area (Å²) in [6.45, 7) is 4.48. The number of nitrogens with one attached hydrogen (secondary N) is 1. The van der Waals surface area contributed by atoms with E-state index < -0.39 is 0 Å². The maximum absolute atomic E-state index is 10.9. The number of rotatable bonds is 6. The van der Waals surface area contributed by atoms with Crippen LogP contribution in [0.5, 0.6) is 17.2 Å². The van der Waals surface area contributed by atoms with Gasteiger partial charge in [0.05, 0.1) is 18.2 Å². The number of phenolic OH excluding ortho intramolecular Hbond substituents is 1. The first-order chi connectivity index (χ1) is 15.5. The molecule has 4 rings (SSSR count). The van der Waals surface area contributed by atoms with Crippen LogP contribution in [0.4, 0.5) is 0 Å². The Labute approximate surface area is 197 Å². The number of phenols is 1. The molecule has 3 aromatic rings. The van der Waals surface area contributed by atoms with Gasteiger partial charge in [0.2, 0.25) is 0 Å². The predicted octanol–water partition coefficient (Wildman–Crippen LogP) is 6.09. The molecular weight excluding hydrogens is 468 g/mol. The van der Waals surface area contributed by atoms with Crippen molar-refractivity contribution >= 4 is 21.6 Å². The fraction of sp³-hybridized carbons (Fsp3) is 0.269. The summed E-state index contributed by atoms with van der Waals surface area (Å²) < 4.78 is 11.9. The molecule has 0 saturated heterocycles. The number of aromatic hydroxyl groups is 1. The van der Waals surface area contributed by atoms with Gasteiger partial charge in [0, 0.05) is 23.7 Å². The Morgan fingerprint density at radius 3 is 2.56 bits per heavy atom. The Kier molecular flexibility index (Phi) is 6.82. The van der Waals surface area contributed by atoms with E-state index in [1.807, 2.05) is 37.3 Å².